The van der Waals surface area contributed by atoms with Gasteiger partial charge in [0.25, 0.3) is 0 Å². The lowest BCUT2D eigenvalue weighted by Gasteiger charge is -2.21. The van der Waals surface area contributed by atoms with E-state index in [-0.39, 0.29) is 0 Å². The van der Waals surface area contributed by atoms with Gasteiger partial charge in [-0.25, -0.2) is 0 Å². The summed E-state index contributed by atoms with van der Waals surface area (Å²) in [4.78, 5) is 6.74. The van der Waals surface area contributed by atoms with Gasteiger partial charge in [0.2, 0.25) is 0 Å². The van der Waals surface area contributed by atoms with E-state index in [4.69, 9.17) is 9.47 Å². The molecule has 0 aromatic heterocycles. The molecule has 2 aromatic rings. The number of aliphatic imine (C=N–C) groups is 1. The summed E-state index contributed by atoms with van der Waals surface area (Å²) in [5.41, 5.74) is 3.75. The van der Waals surface area contributed by atoms with E-state index in [2.05, 4.69) is 63.8 Å². The van der Waals surface area contributed by atoms with E-state index in [1.807, 2.05) is 13.1 Å². The number of hydrogen-bond donors (Lipinski definition) is 2. The molecule has 1 saturated heterocycles. The van der Waals surface area contributed by atoms with E-state index in [0.29, 0.717) is 6.04 Å². The highest BCUT2D eigenvalue weighted by atomic mass is 16.5. The van der Waals surface area contributed by atoms with E-state index >= 15 is 0 Å². The zero-order valence-electron chi connectivity index (χ0n) is 17.9. The molecule has 6 nitrogen and oxygen atoms in total. The smallest absolute Gasteiger partial charge is 0.191 e. The Labute approximate surface area is 173 Å². The molecule has 1 aliphatic heterocycles. The third-order valence-corrected chi connectivity index (χ3v) is 5.24. The van der Waals surface area contributed by atoms with E-state index in [9.17, 15) is 0 Å². The number of rotatable bonds is 7. The van der Waals surface area contributed by atoms with Crippen molar-refractivity contribution in [3.8, 4) is 11.5 Å². The van der Waals surface area contributed by atoms with Gasteiger partial charge in [0.15, 0.2) is 5.96 Å². The van der Waals surface area contributed by atoms with Gasteiger partial charge in [-0.2, -0.15) is 0 Å². The Hall–Kier alpha value is -2.89. The van der Waals surface area contributed by atoms with Crippen LogP contribution in [-0.2, 0) is 6.42 Å². The molecule has 1 aliphatic rings. The second-order valence-electron chi connectivity index (χ2n) is 7.38. The van der Waals surface area contributed by atoms with Gasteiger partial charge in [-0.3, -0.25) is 4.99 Å². The molecule has 0 spiro atoms. The van der Waals surface area contributed by atoms with Gasteiger partial charge < -0.3 is 25.0 Å². The van der Waals surface area contributed by atoms with Gasteiger partial charge in [-0.1, -0.05) is 29.8 Å². The number of methoxy groups -OCH3 is 2. The fraction of sp³-hybridized carbons (Fsp3) is 0.435. The summed E-state index contributed by atoms with van der Waals surface area (Å²) in [6, 6.07) is 15.0. The van der Waals surface area contributed by atoms with Crippen LogP contribution in [0.25, 0.3) is 0 Å². The molecule has 0 bridgehead atoms. The van der Waals surface area contributed by atoms with Crippen molar-refractivity contribution in [1.82, 2.24) is 10.6 Å². The quantitative estimate of drug-likeness (QED) is 0.557. The van der Waals surface area contributed by atoms with Crippen LogP contribution in [0.15, 0.2) is 47.5 Å². The summed E-state index contributed by atoms with van der Waals surface area (Å²) in [6.07, 6.45) is 2.03. The highest BCUT2D eigenvalue weighted by molar-refractivity contribution is 5.80. The predicted octanol–water partition coefficient (Wildman–Crippen LogP) is 3.00. The minimum absolute atomic E-state index is 0.345. The molecule has 1 unspecified atom stereocenters. The zero-order valence-corrected chi connectivity index (χ0v) is 17.9. The van der Waals surface area contributed by atoms with Crippen LogP contribution in [0, 0.1) is 6.92 Å². The molecule has 3 rings (SSSR count). The number of guanidine groups is 1. The lowest BCUT2D eigenvalue weighted by atomic mass is 10.1. The number of anilines is 1. The van der Waals surface area contributed by atoms with E-state index < -0.39 is 0 Å². The molecule has 1 heterocycles. The Morgan fingerprint density at radius 2 is 1.90 bits per heavy atom. The second-order valence-corrected chi connectivity index (χ2v) is 7.38. The van der Waals surface area contributed by atoms with Gasteiger partial charge >= 0.3 is 0 Å². The van der Waals surface area contributed by atoms with Crippen molar-refractivity contribution >= 4 is 11.6 Å². The van der Waals surface area contributed by atoms with Gasteiger partial charge in [-0.15, -0.1) is 0 Å². The fourth-order valence-electron chi connectivity index (χ4n) is 3.67. The van der Waals surface area contributed by atoms with Crippen molar-refractivity contribution in [2.45, 2.75) is 25.8 Å². The molecule has 1 atom stereocenters. The lowest BCUT2D eigenvalue weighted by Crippen LogP contribution is -2.45. The first-order chi connectivity index (χ1) is 14.1. The SMILES string of the molecule is CN=C(NCCc1cccc(C)c1)NC1CCN(c2cc(OC)cc(OC)c2)C1. The van der Waals surface area contributed by atoms with Crippen LogP contribution < -0.4 is 25.0 Å². The Balaban J connectivity index is 1.51. The van der Waals surface area contributed by atoms with Crippen molar-refractivity contribution in [2.75, 3.05) is 45.8 Å². The van der Waals surface area contributed by atoms with Gasteiger partial charge in [0.05, 0.1) is 14.2 Å². The monoisotopic (exact) mass is 396 g/mol. The zero-order chi connectivity index (χ0) is 20.6. The number of nitrogens with one attached hydrogen (secondary N) is 2. The predicted molar refractivity (Wildman–Crippen MR) is 120 cm³/mol. The molecule has 0 radical (unpaired) electrons. The van der Waals surface area contributed by atoms with Crippen LogP contribution >= 0.6 is 0 Å². The summed E-state index contributed by atoms with van der Waals surface area (Å²) in [5, 5.41) is 6.99. The number of aryl methyl sites for hydroxylation is 1. The van der Waals surface area contributed by atoms with Crippen LogP contribution in [0.5, 0.6) is 11.5 Å². The highest BCUT2D eigenvalue weighted by Gasteiger charge is 2.24. The van der Waals surface area contributed by atoms with Crippen molar-refractivity contribution < 1.29 is 9.47 Å². The lowest BCUT2D eigenvalue weighted by molar-refractivity contribution is 0.394. The molecule has 156 valence electrons. The van der Waals surface area contributed by atoms with Gasteiger partial charge in [0, 0.05) is 56.6 Å². The summed E-state index contributed by atoms with van der Waals surface area (Å²) in [7, 11) is 5.18. The Bertz CT molecular complexity index is 815. The average Bonchev–Trinajstić information content (AvgIpc) is 3.21. The highest BCUT2D eigenvalue weighted by Crippen LogP contribution is 2.30. The summed E-state index contributed by atoms with van der Waals surface area (Å²) in [6.45, 7) is 4.87. The van der Waals surface area contributed by atoms with E-state index in [1.165, 1.54) is 11.1 Å². The maximum Gasteiger partial charge on any atom is 0.191 e. The Kier molecular flexibility index (Phi) is 7.22. The van der Waals surface area contributed by atoms with Crippen molar-refractivity contribution in [1.29, 1.82) is 0 Å². The van der Waals surface area contributed by atoms with Crippen molar-refractivity contribution in [3.05, 3.63) is 53.6 Å². The normalized spacial score (nSPS) is 16.6. The summed E-state index contributed by atoms with van der Waals surface area (Å²) >= 11 is 0. The third kappa shape index (κ3) is 5.79. The number of nitrogens with zero attached hydrogens (tertiary/aromatic N) is 2. The molecule has 0 amide bonds. The van der Waals surface area contributed by atoms with Gasteiger partial charge in [0.1, 0.15) is 11.5 Å². The minimum atomic E-state index is 0.345. The van der Waals surface area contributed by atoms with E-state index in [1.54, 1.807) is 14.2 Å². The first-order valence-corrected chi connectivity index (χ1v) is 10.1. The first kappa shape index (κ1) is 20.8. The third-order valence-electron chi connectivity index (χ3n) is 5.24. The molecule has 2 aromatic carbocycles. The van der Waals surface area contributed by atoms with Crippen LogP contribution in [0.1, 0.15) is 17.5 Å². The Morgan fingerprint density at radius 1 is 1.14 bits per heavy atom. The van der Waals surface area contributed by atoms with Crippen LogP contribution in [-0.4, -0.2) is 52.9 Å². The van der Waals surface area contributed by atoms with Gasteiger partial charge in [-0.05, 0) is 25.3 Å². The van der Waals surface area contributed by atoms with Crippen LogP contribution in [0.3, 0.4) is 0 Å². The Morgan fingerprint density at radius 3 is 2.55 bits per heavy atom. The number of hydrogen-bond acceptors (Lipinski definition) is 4. The van der Waals surface area contributed by atoms with Crippen molar-refractivity contribution in [3.63, 3.8) is 0 Å². The maximum absolute atomic E-state index is 5.40. The summed E-state index contributed by atoms with van der Waals surface area (Å²) in [5.74, 6) is 2.47. The first-order valence-electron chi connectivity index (χ1n) is 10.1. The molecule has 29 heavy (non-hydrogen) atoms. The topological polar surface area (TPSA) is 58.1 Å². The second kappa shape index (κ2) is 10.0. The standard InChI is InChI=1S/C23H32N4O2/c1-17-6-5-7-18(12-17)8-10-25-23(24-2)26-19-9-11-27(16-19)20-13-21(28-3)15-22(14-20)29-4/h5-7,12-15,19H,8-11,16H2,1-4H3,(H2,24,25,26). The fourth-order valence-corrected chi connectivity index (χ4v) is 3.67. The molecular weight excluding hydrogens is 364 g/mol. The molecular formula is C23H32N4O2. The van der Waals surface area contributed by atoms with E-state index in [0.717, 1.165) is 55.6 Å². The summed E-state index contributed by atoms with van der Waals surface area (Å²) < 4.78 is 10.8. The van der Waals surface area contributed by atoms with Crippen LogP contribution in [0.2, 0.25) is 0 Å². The average molecular weight is 397 g/mol. The molecule has 0 saturated carbocycles. The molecule has 1 fully saturated rings. The maximum atomic E-state index is 5.40. The van der Waals surface area contributed by atoms with Crippen LogP contribution in [0.4, 0.5) is 5.69 Å². The molecule has 2 N–H and O–H groups in total. The number of benzene rings is 2. The number of ether oxygens (including phenoxy) is 2. The molecule has 6 heteroatoms. The van der Waals surface area contributed by atoms with Crippen molar-refractivity contribution in [2.24, 2.45) is 4.99 Å². The molecule has 0 aliphatic carbocycles. The largest absolute Gasteiger partial charge is 0.497 e. The minimum Gasteiger partial charge on any atom is -0.497 e.